The van der Waals surface area contributed by atoms with E-state index in [1.165, 1.54) is 0 Å². The van der Waals surface area contributed by atoms with Gasteiger partial charge in [0.1, 0.15) is 0 Å². The molecule has 6 N–H and O–H groups in total. The van der Waals surface area contributed by atoms with Gasteiger partial charge in [0, 0.05) is 25.9 Å². The molecule has 0 heterocycles. The fourth-order valence-electron chi connectivity index (χ4n) is 2.19. The van der Waals surface area contributed by atoms with Crippen LogP contribution in [-0.2, 0) is 4.79 Å². The molecule has 0 rings (SSSR count). The Morgan fingerprint density at radius 2 is 1.39 bits per heavy atom. The Hall–Kier alpha value is -2.13. The zero-order valence-electron chi connectivity index (χ0n) is 18.0. The molecule has 0 aliphatic heterocycles. The molecule has 0 unspecified atom stereocenters. The summed E-state index contributed by atoms with van der Waals surface area (Å²) in [5, 5.41) is 43.2. The predicted octanol–water partition coefficient (Wildman–Crippen LogP) is 2.15. The quantitative estimate of drug-likeness (QED) is 0.121. The first kappa shape index (κ1) is 25.9. The summed E-state index contributed by atoms with van der Waals surface area (Å²) in [5.41, 5.74) is -0.0551. The Morgan fingerprint density at radius 1 is 0.964 bits per heavy atom. The molecule has 9 heteroatoms. The van der Waals surface area contributed by atoms with Crippen LogP contribution in [0.2, 0.25) is 0 Å². The molecule has 9 nitrogen and oxygen atoms in total. The van der Waals surface area contributed by atoms with E-state index in [9.17, 15) is 4.79 Å². The highest BCUT2D eigenvalue weighted by Crippen LogP contribution is 2.08. The molecule has 0 fully saturated rings. The molecule has 28 heavy (non-hydrogen) atoms. The Morgan fingerprint density at radius 3 is 1.75 bits per heavy atom. The van der Waals surface area contributed by atoms with Crippen molar-refractivity contribution in [2.24, 2.45) is 10.3 Å². The largest absolute Gasteiger partial charge is 0.513 e. The fourth-order valence-corrected chi connectivity index (χ4v) is 2.19. The number of aliphatic hydroxyl groups excluding tert-OH is 1. The molecular weight excluding hydrogens is 362 g/mol. The molecular formula is C19H37N5O4. The smallest absolute Gasteiger partial charge is 0.220 e. The van der Waals surface area contributed by atoms with Gasteiger partial charge in [0.2, 0.25) is 5.91 Å². The van der Waals surface area contributed by atoms with Gasteiger partial charge in [-0.05, 0) is 48.0 Å². The van der Waals surface area contributed by atoms with Crippen molar-refractivity contribution >= 4 is 17.3 Å². The number of amides is 1. The van der Waals surface area contributed by atoms with E-state index in [0.29, 0.717) is 37.4 Å². The van der Waals surface area contributed by atoms with Crippen LogP contribution in [0.15, 0.2) is 22.6 Å². The maximum absolute atomic E-state index is 12.3. The number of hydrogen-bond acceptors (Lipinski definition) is 8. The first-order valence-corrected chi connectivity index (χ1v) is 9.40. The number of carbonyl (C=O) groups excluding carboxylic acids is 1. The molecule has 0 aromatic carbocycles. The topological polar surface area (TPSA) is 139 Å². The van der Waals surface area contributed by atoms with E-state index in [1.54, 1.807) is 13.8 Å². The number of carbonyl (C=O) groups is 1. The monoisotopic (exact) mass is 399 g/mol. The van der Waals surface area contributed by atoms with E-state index >= 15 is 0 Å². The second kappa shape index (κ2) is 11.7. The van der Waals surface area contributed by atoms with E-state index < -0.39 is 11.1 Å². The van der Waals surface area contributed by atoms with Gasteiger partial charge in [-0.25, -0.2) is 0 Å². The third kappa shape index (κ3) is 9.70. The van der Waals surface area contributed by atoms with E-state index in [1.807, 2.05) is 27.7 Å². The Bertz CT molecular complexity index is 551. The van der Waals surface area contributed by atoms with Crippen LogP contribution in [0, 0.1) is 0 Å². The minimum Gasteiger partial charge on any atom is -0.513 e. The molecule has 0 aliphatic rings. The second-order valence-electron chi connectivity index (χ2n) is 8.07. The predicted molar refractivity (Wildman–Crippen MR) is 112 cm³/mol. The number of nitrogens with one attached hydrogen (secondary N) is 3. The van der Waals surface area contributed by atoms with Crippen molar-refractivity contribution in [1.82, 2.24) is 16.0 Å². The Kier molecular flexibility index (Phi) is 10.8. The maximum atomic E-state index is 12.3. The summed E-state index contributed by atoms with van der Waals surface area (Å²) < 4.78 is 0. The lowest BCUT2D eigenvalue weighted by molar-refractivity contribution is -0.121. The van der Waals surface area contributed by atoms with Gasteiger partial charge >= 0.3 is 0 Å². The van der Waals surface area contributed by atoms with E-state index in [0.717, 1.165) is 0 Å². The molecule has 1 amide bonds. The van der Waals surface area contributed by atoms with Gasteiger partial charge in [-0.15, -0.1) is 0 Å². The van der Waals surface area contributed by atoms with Gasteiger partial charge < -0.3 is 31.5 Å². The number of oxime groups is 2. The second-order valence-corrected chi connectivity index (χ2v) is 8.07. The number of aliphatic hydroxyl groups is 1. The normalized spacial score (nSPS) is 13.7. The summed E-state index contributed by atoms with van der Waals surface area (Å²) in [6.45, 7) is 15.2. The molecule has 0 aromatic heterocycles. The molecule has 0 saturated carbocycles. The highest BCUT2D eigenvalue weighted by Gasteiger charge is 2.26. The lowest BCUT2D eigenvalue weighted by Crippen LogP contribution is -2.57. The van der Waals surface area contributed by atoms with E-state index in [4.69, 9.17) is 15.5 Å². The van der Waals surface area contributed by atoms with Crippen molar-refractivity contribution in [3.8, 4) is 0 Å². The molecule has 162 valence electrons. The van der Waals surface area contributed by atoms with Crippen LogP contribution < -0.4 is 16.0 Å². The molecule has 0 aromatic rings. The summed E-state index contributed by atoms with van der Waals surface area (Å²) in [5.74, 6) is -0.0701. The summed E-state index contributed by atoms with van der Waals surface area (Å²) in [4.78, 5) is 12.3. The van der Waals surface area contributed by atoms with Crippen LogP contribution in [-0.4, -0.2) is 63.1 Å². The van der Waals surface area contributed by atoms with Crippen molar-refractivity contribution < 1.29 is 20.3 Å². The van der Waals surface area contributed by atoms with Gasteiger partial charge in [0.25, 0.3) is 0 Å². The molecule has 0 spiro atoms. The number of allylic oxidation sites excluding steroid dienone is 1. The maximum Gasteiger partial charge on any atom is 0.220 e. The van der Waals surface area contributed by atoms with Gasteiger partial charge in [0.15, 0.2) is 0 Å². The van der Waals surface area contributed by atoms with Crippen molar-refractivity contribution in [1.29, 1.82) is 0 Å². The lowest BCUT2D eigenvalue weighted by atomic mass is 9.98. The molecule has 0 bridgehead atoms. The average Bonchev–Trinajstić information content (AvgIpc) is 2.61. The van der Waals surface area contributed by atoms with Gasteiger partial charge in [0.05, 0.1) is 34.3 Å². The van der Waals surface area contributed by atoms with Crippen molar-refractivity contribution in [3.63, 3.8) is 0 Å². The van der Waals surface area contributed by atoms with E-state index in [2.05, 4.69) is 32.8 Å². The first-order valence-electron chi connectivity index (χ1n) is 9.40. The van der Waals surface area contributed by atoms with Crippen LogP contribution in [0.3, 0.4) is 0 Å². The third-order valence-corrected chi connectivity index (χ3v) is 4.92. The van der Waals surface area contributed by atoms with Crippen LogP contribution in [0.5, 0.6) is 0 Å². The van der Waals surface area contributed by atoms with Crippen molar-refractivity contribution in [3.05, 3.63) is 12.3 Å². The Balaban J connectivity index is 5.00. The molecule has 0 radical (unpaired) electrons. The summed E-state index contributed by atoms with van der Waals surface area (Å²) in [6, 6.07) is -0.263. The van der Waals surface area contributed by atoms with Crippen LogP contribution in [0.25, 0.3) is 0 Å². The molecule has 0 aliphatic carbocycles. The zero-order valence-corrected chi connectivity index (χ0v) is 18.0. The minimum absolute atomic E-state index is 0.0636. The highest BCUT2D eigenvalue weighted by molar-refractivity contribution is 5.90. The molecule has 0 saturated heterocycles. The van der Waals surface area contributed by atoms with Crippen LogP contribution in [0.4, 0.5) is 0 Å². The zero-order chi connectivity index (χ0) is 22.0. The first-order chi connectivity index (χ1) is 12.9. The fraction of sp³-hybridized carbons (Fsp3) is 0.737. The van der Waals surface area contributed by atoms with Crippen molar-refractivity contribution in [2.75, 3.05) is 13.1 Å². The van der Waals surface area contributed by atoms with Crippen LogP contribution in [0.1, 0.15) is 60.8 Å². The number of hydrogen-bond donors (Lipinski definition) is 6. The van der Waals surface area contributed by atoms with Crippen molar-refractivity contribution in [2.45, 2.75) is 77.9 Å². The number of nitrogens with zero attached hydrogens (tertiary/aromatic N) is 2. The summed E-state index contributed by atoms with van der Waals surface area (Å²) in [6.07, 6.45) is 1.17. The van der Waals surface area contributed by atoms with Gasteiger partial charge in [-0.3, -0.25) is 4.79 Å². The van der Waals surface area contributed by atoms with Gasteiger partial charge in [-0.2, -0.15) is 0 Å². The SMILES string of the molecule is C=C(O)CCCC(=O)NC(CNC(C)(C)/C(C)=N\O)CNC(C)(C)/C(C)=N\O. The third-order valence-electron chi connectivity index (χ3n) is 4.92. The van der Waals surface area contributed by atoms with Gasteiger partial charge in [-0.1, -0.05) is 16.9 Å². The minimum atomic E-state index is -0.551. The Labute approximate surface area is 168 Å². The average molecular weight is 400 g/mol. The highest BCUT2D eigenvalue weighted by atomic mass is 16.4. The summed E-state index contributed by atoms with van der Waals surface area (Å²) in [7, 11) is 0. The van der Waals surface area contributed by atoms with Crippen LogP contribution >= 0.6 is 0 Å². The van der Waals surface area contributed by atoms with E-state index in [-0.39, 0.29) is 24.1 Å². The lowest BCUT2D eigenvalue weighted by Gasteiger charge is -2.32. The summed E-state index contributed by atoms with van der Waals surface area (Å²) >= 11 is 0. The molecule has 0 atom stereocenters. The number of rotatable bonds is 13. The standard InChI is InChI=1S/C19H37N5O4/c1-13(25)9-8-10-17(26)22-16(11-20-18(4,5)14(2)23-27)12-21-19(6,7)15(3)24-28/h16,20-21,25,27-28H,1,8-12H2,2-7H3,(H,22,26)/b23-14-,24-15-.